The number of carbonyl (C=O) groups excluding carboxylic acids is 1. The molecule has 0 radical (unpaired) electrons. The highest BCUT2D eigenvalue weighted by Gasteiger charge is 2.24. The number of ether oxygens (including phenoxy) is 1. The lowest BCUT2D eigenvalue weighted by Gasteiger charge is -2.27. The number of hydrogen-bond acceptors (Lipinski definition) is 4. The molecule has 2 rings (SSSR count). The summed E-state index contributed by atoms with van der Waals surface area (Å²) in [6, 6.07) is -0.149. The van der Waals surface area contributed by atoms with Crippen LogP contribution in [0.2, 0.25) is 0 Å². The lowest BCUT2D eigenvalue weighted by atomic mass is 10.0. The van der Waals surface area contributed by atoms with E-state index in [1.54, 1.807) is 4.90 Å². The Hall–Kier alpha value is -0.820. The molecule has 0 aliphatic carbocycles. The fraction of sp³-hybridized carbons (Fsp3) is 0.923. The van der Waals surface area contributed by atoms with Crippen LogP contribution in [0.4, 0.5) is 4.79 Å². The van der Waals surface area contributed by atoms with E-state index in [0.29, 0.717) is 25.7 Å². The molecule has 6 nitrogen and oxygen atoms in total. The van der Waals surface area contributed by atoms with Crippen LogP contribution >= 0.6 is 0 Å². The molecule has 2 fully saturated rings. The Balaban J connectivity index is 1.58. The average Bonchev–Trinajstić information content (AvgIpc) is 2.44. The van der Waals surface area contributed by atoms with Gasteiger partial charge in [-0.25, -0.2) is 13.2 Å². The quantitative estimate of drug-likeness (QED) is 0.779. The molecule has 2 aliphatic rings. The van der Waals surface area contributed by atoms with Crippen molar-refractivity contribution in [1.29, 1.82) is 0 Å². The third kappa shape index (κ3) is 4.94. The van der Waals surface area contributed by atoms with E-state index >= 15 is 0 Å². The van der Waals surface area contributed by atoms with Crippen molar-refractivity contribution < 1.29 is 17.9 Å². The second-order valence-corrected chi connectivity index (χ2v) is 7.81. The summed E-state index contributed by atoms with van der Waals surface area (Å²) < 4.78 is 28.2. The molecule has 0 aromatic carbocycles. The van der Waals surface area contributed by atoms with Crippen LogP contribution in [0.3, 0.4) is 0 Å². The first-order chi connectivity index (χ1) is 9.57. The van der Waals surface area contributed by atoms with Gasteiger partial charge in [-0.05, 0) is 32.1 Å². The van der Waals surface area contributed by atoms with Crippen LogP contribution in [0, 0.1) is 0 Å². The monoisotopic (exact) mass is 304 g/mol. The summed E-state index contributed by atoms with van der Waals surface area (Å²) in [5, 5.41) is 2.86. The van der Waals surface area contributed by atoms with Gasteiger partial charge < -0.3 is 15.0 Å². The Morgan fingerprint density at radius 1 is 1.25 bits per heavy atom. The highest BCUT2D eigenvalue weighted by atomic mass is 32.2. The van der Waals surface area contributed by atoms with E-state index in [4.69, 9.17) is 4.74 Å². The molecule has 1 atom stereocenters. The molecular formula is C13H24N2O4S. The Labute approximate surface area is 120 Å². The van der Waals surface area contributed by atoms with Gasteiger partial charge in [0.05, 0.1) is 17.6 Å². The molecule has 0 unspecified atom stereocenters. The van der Waals surface area contributed by atoms with Gasteiger partial charge in [0.2, 0.25) is 0 Å². The van der Waals surface area contributed by atoms with Gasteiger partial charge in [0.1, 0.15) is 0 Å². The fourth-order valence-electron chi connectivity index (χ4n) is 2.59. The second kappa shape index (κ2) is 7.26. The van der Waals surface area contributed by atoms with Crippen molar-refractivity contribution in [2.45, 2.75) is 38.2 Å². The predicted molar refractivity (Wildman–Crippen MR) is 76.5 cm³/mol. The minimum atomic E-state index is -2.93. The highest BCUT2D eigenvalue weighted by Crippen LogP contribution is 2.16. The van der Waals surface area contributed by atoms with Crippen LogP contribution in [0.25, 0.3) is 0 Å². The number of hydrogen-bond donors (Lipinski definition) is 1. The Morgan fingerprint density at radius 3 is 2.65 bits per heavy atom. The van der Waals surface area contributed by atoms with Crippen LogP contribution in [0.15, 0.2) is 0 Å². The van der Waals surface area contributed by atoms with Gasteiger partial charge in [-0.3, -0.25) is 0 Å². The van der Waals surface area contributed by atoms with Crippen molar-refractivity contribution in [2.24, 2.45) is 0 Å². The highest BCUT2D eigenvalue weighted by molar-refractivity contribution is 7.91. The van der Waals surface area contributed by atoms with E-state index in [1.807, 2.05) is 0 Å². The Bertz CT molecular complexity index is 404. The third-order valence-corrected chi connectivity index (χ3v) is 5.49. The maximum Gasteiger partial charge on any atom is 0.317 e. The molecule has 2 heterocycles. The lowest BCUT2D eigenvalue weighted by molar-refractivity contribution is 0.0103. The molecule has 0 aromatic heterocycles. The van der Waals surface area contributed by atoms with Crippen molar-refractivity contribution in [3.8, 4) is 0 Å². The lowest BCUT2D eigenvalue weighted by Crippen LogP contribution is -2.48. The van der Waals surface area contributed by atoms with E-state index in [-0.39, 0.29) is 17.5 Å². The molecule has 2 aliphatic heterocycles. The smallest absolute Gasteiger partial charge is 0.317 e. The number of urea groups is 1. The van der Waals surface area contributed by atoms with Crippen molar-refractivity contribution in [2.75, 3.05) is 37.7 Å². The molecule has 7 heteroatoms. The summed E-state index contributed by atoms with van der Waals surface area (Å²) in [6.45, 7) is 2.10. The van der Waals surface area contributed by atoms with Crippen molar-refractivity contribution in [3.05, 3.63) is 0 Å². The van der Waals surface area contributed by atoms with Gasteiger partial charge in [-0.15, -0.1) is 0 Å². The second-order valence-electron chi connectivity index (χ2n) is 5.50. The molecule has 1 N–H and O–H groups in total. The van der Waals surface area contributed by atoms with E-state index < -0.39 is 9.84 Å². The number of carbonyl (C=O) groups is 1. The van der Waals surface area contributed by atoms with Gasteiger partial charge in [0, 0.05) is 26.2 Å². The number of amides is 2. The topological polar surface area (TPSA) is 75.7 Å². The molecular weight excluding hydrogens is 280 g/mol. The fourth-order valence-corrected chi connectivity index (χ4v) is 3.79. The zero-order chi connectivity index (χ0) is 14.4. The van der Waals surface area contributed by atoms with Crippen molar-refractivity contribution >= 4 is 15.9 Å². The third-order valence-electron chi connectivity index (χ3n) is 3.88. The first kappa shape index (κ1) is 15.6. The van der Waals surface area contributed by atoms with E-state index in [9.17, 15) is 13.2 Å². The van der Waals surface area contributed by atoms with E-state index in [2.05, 4.69) is 5.32 Å². The van der Waals surface area contributed by atoms with Crippen LogP contribution in [-0.4, -0.2) is 63.2 Å². The average molecular weight is 304 g/mol. The van der Waals surface area contributed by atoms with E-state index in [0.717, 1.165) is 32.3 Å². The van der Waals surface area contributed by atoms with E-state index in [1.165, 1.54) is 6.42 Å². The molecule has 0 saturated carbocycles. The van der Waals surface area contributed by atoms with Crippen LogP contribution in [0.5, 0.6) is 0 Å². The Kier molecular flexibility index (Phi) is 5.65. The number of sulfone groups is 1. The summed E-state index contributed by atoms with van der Waals surface area (Å²) in [5.41, 5.74) is 0. The summed E-state index contributed by atoms with van der Waals surface area (Å²) >= 11 is 0. The number of nitrogens with one attached hydrogen (secondary N) is 1. The maximum absolute atomic E-state index is 11.8. The zero-order valence-corrected chi connectivity index (χ0v) is 12.7. The summed E-state index contributed by atoms with van der Waals surface area (Å²) in [5.74, 6) is 0.159. The van der Waals surface area contributed by atoms with Gasteiger partial charge >= 0.3 is 6.03 Å². The molecule has 2 amide bonds. The molecule has 0 spiro atoms. The summed E-state index contributed by atoms with van der Waals surface area (Å²) in [4.78, 5) is 13.4. The van der Waals surface area contributed by atoms with Crippen LogP contribution in [0.1, 0.15) is 32.1 Å². The molecule has 116 valence electrons. The van der Waals surface area contributed by atoms with Crippen LogP contribution in [-0.2, 0) is 14.6 Å². The normalized spacial score (nSPS) is 26.2. The van der Waals surface area contributed by atoms with Gasteiger partial charge in [0.15, 0.2) is 9.84 Å². The summed E-state index contributed by atoms with van der Waals surface area (Å²) in [7, 11) is -2.93. The first-order valence-corrected chi connectivity index (χ1v) is 9.24. The Morgan fingerprint density at radius 2 is 2.00 bits per heavy atom. The molecule has 0 bridgehead atoms. The zero-order valence-electron chi connectivity index (χ0n) is 11.8. The van der Waals surface area contributed by atoms with Gasteiger partial charge in [-0.2, -0.15) is 0 Å². The van der Waals surface area contributed by atoms with Crippen LogP contribution < -0.4 is 5.32 Å². The minimum absolute atomic E-state index is 0.0797. The molecule has 2 saturated heterocycles. The largest absolute Gasteiger partial charge is 0.378 e. The van der Waals surface area contributed by atoms with Gasteiger partial charge in [-0.1, -0.05) is 0 Å². The minimum Gasteiger partial charge on any atom is -0.378 e. The summed E-state index contributed by atoms with van der Waals surface area (Å²) in [6.07, 6.45) is 5.75. The van der Waals surface area contributed by atoms with Crippen molar-refractivity contribution in [1.82, 2.24) is 10.2 Å². The molecule has 0 aromatic rings. The maximum atomic E-state index is 11.8. The standard InChI is InChI=1S/C13H24N2O4S/c16-13(15-7-10-20(17,18)11-8-15)14-6-3-5-12-4-1-2-9-19-12/h12H,1-11H2,(H,14,16)/t12-/m0/s1. The van der Waals surface area contributed by atoms with Crippen molar-refractivity contribution in [3.63, 3.8) is 0 Å². The number of rotatable bonds is 4. The molecule has 20 heavy (non-hydrogen) atoms. The first-order valence-electron chi connectivity index (χ1n) is 7.42. The SMILES string of the molecule is O=C(NCCC[C@@H]1CCCCO1)N1CCS(=O)(=O)CC1. The predicted octanol–water partition coefficient (Wildman–Crippen LogP) is 0.776. The van der Waals surface area contributed by atoms with Gasteiger partial charge in [0.25, 0.3) is 0 Å². The number of nitrogens with zero attached hydrogens (tertiary/aromatic N) is 1.